The summed E-state index contributed by atoms with van der Waals surface area (Å²) in [6.07, 6.45) is 2.51. The van der Waals surface area contributed by atoms with Gasteiger partial charge in [-0.25, -0.2) is 4.79 Å². The molecule has 0 aromatic heterocycles. The summed E-state index contributed by atoms with van der Waals surface area (Å²) in [6.45, 7) is 11.6. The summed E-state index contributed by atoms with van der Waals surface area (Å²) in [7, 11) is 0. The van der Waals surface area contributed by atoms with Crippen molar-refractivity contribution in [3.63, 3.8) is 0 Å². The van der Waals surface area contributed by atoms with Gasteiger partial charge in [-0.15, -0.1) is 0 Å². The Kier molecular flexibility index (Phi) is 13.1. The van der Waals surface area contributed by atoms with Crippen LogP contribution in [-0.4, -0.2) is 58.3 Å². The van der Waals surface area contributed by atoms with Gasteiger partial charge in [-0.05, 0) is 6.92 Å². The normalized spacial score (nSPS) is 11.7. The van der Waals surface area contributed by atoms with Crippen molar-refractivity contribution < 1.29 is 28.5 Å². The number of ether oxygens (including phenoxy) is 5. The van der Waals surface area contributed by atoms with Gasteiger partial charge in [0, 0.05) is 6.08 Å². The van der Waals surface area contributed by atoms with E-state index in [1.807, 2.05) is 6.92 Å². The Hall–Kier alpha value is -1.37. The number of carbonyl (C=O) groups is 1. The van der Waals surface area contributed by atoms with E-state index >= 15 is 0 Å². The SMILES string of the molecule is C=COCC(C)OCCOCCOCCOC(=O)C=C. The molecule has 0 rings (SSSR count). The number of rotatable bonds is 14. The minimum Gasteiger partial charge on any atom is -0.499 e. The molecule has 0 amide bonds. The van der Waals surface area contributed by atoms with Crippen LogP contribution in [0.5, 0.6) is 0 Å². The van der Waals surface area contributed by atoms with E-state index in [2.05, 4.69) is 13.2 Å². The fourth-order valence-electron chi connectivity index (χ4n) is 1.14. The first-order chi connectivity index (χ1) is 9.70. The summed E-state index contributed by atoms with van der Waals surface area (Å²) in [4.78, 5) is 10.7. The summed E-state index contributed by atoms with van der Waals surface area (Å²) in [6, 6.07) is 0. The molecule has 0 aliphatic rings. The fraction of sp³-hybridized carbons (Fsp3) is 0.643. The summed E-state index contributed by atoms with van der Waals surface area (Å²) in [5.41, 5.74) is 0. The van der Waals surface area contributed by atoms with E-state index in [9.17, 15) is 4.79 Å². The van der Waals surface area contributed by atoms with Gasteiger partial charge in [-0.1, -0.05) is 13.2 Å². The van der Waals surface area contributed by atoms with Crippen LogP contribution in [0.4, 0.5) is 0 Å². The van der Waals surface area contributed by atoms with Crippen LogP contribution in [0.15, 0.2) is 25.5 Å². The van der Waals surface area contributed by atoms with Crippen LogP contribution in [0.1, 0.15) is 6.92 Å². The first-order valence-corrected chi connectivity index (χ1v) is 6.49. The molecule has 20 heavy (non-hydrogen) atoms. The molecule has 0 spiro atoms. The lowest BCUT2D eigenvalue weighted by atomic mass is 10.4. The summed E-state index contributed by atoms with van der Waals surface area (Å²) >= 11 is 0. The monoisotopic (exact) mass is 288 g/mol. The van der Waals surface area contributed by atoms with E-state index in [0.717, 1.165) is 6.08 Å². The van der Waals surface area contributed by atoms with E-state index in [1.54, 1.807) is 0 Å². The largest absolute Gasteiger partial charge is 0.499 e. The lowest BCUT2D eigenvalue weighted by Gasteiger charge is -2.12. The van der Waals surface area contributed by atoms with Crippen molar-refractivity contribution in [3.05, 3.63) is 25.5 Å². The molecular formula is C14H24O6. The van der Waals surface area contributed by atoms with Crippen LogP contribution in [0.3, 0.4) is 0 Å². The topological polar surface area (TPSA) is 63.2 Å². The van der Waals surface area contributed by atoms with Crippen molar-refractivity contribution in [2.45, 2.75) is 13.0 Å². The molecule has 0 saturated heterocycles. The second kappa shape index (κ2) is 14.0. The first-order valence-electron chi connectivity index (χ1n) is 6.49. The predicted molar refractivity (Wildman–Crippen MR) is 74.4 cm³/mol. The molecule has 0 fully saturated rings. The third-order valence-electron chi connectivity index (χ3n) is 2.09. The van der Waals surface area contributed by atoms with Crippen molar-refractivity contribution in [2.24, 2.45) is 0 Å². The molecule has 0 N–H and O–H groups in total. The van der Waals surface area contributed by atoms with Crippen molar-refractivity contribution in [1.29, 1.82) is 0 Å². The highest BCUT2D eigenvalue weighted by Gasteiger charge is 2.01. The van der Waals surface area contributed by atoms with Crippen LogP contribution in [0, 0.1) is 0 Å². The predicted octanol–water partition coefficient (Wildman–Crippen LogP) is 1.31. The number of esters is 1. The van der Waals surface area contributed by atoms with E-state index in [4.69, 9.17) is 23.7 Å². The first kappa shape index (κ1) is 18.6. The fourth-order valence-corrected chi connectivity index (χ4v) is 1.14. The summed E-state index contributed by atoms with van der Waals surface area (Å²) < 4.78 is 25.6. The highest BCUT2D eigenvalue weighted by molar-refractivity contribution is 5.81. The van der Waals surface area contributed by atoms with Gasteiger partial charge in [-0.3, -0.25) is 0 Å². The third kappa shape index (κ3) is 13.1. The smallest absolute Gasteiger partial charge is 0.330 e. The molecule has 116 valence electrons. The molecule has 0 aromatic rings. The average molecular weight is 288 g/mol. The molecule has 0 aromatic carbocycles. The van der Waals surface area contributed by atoms with Crippen LogP contribution < -0.4 is 0 Å². The Morgan fingerprint density at radius 1 is 1.05 bits per heavy atom. The minimum atomic E-state index is -0.448. The standard InChI is InChI=1S/C14H24O6/c1-4-14(15)20-11-9-18-7-6-17-8-10-19-13(3)12-16-5-2/h4-5,13H,1-2,6-12H2,3H3. The maximum atomic E-state index is 10.7. The van der Waals surface area contributed by atoms with Crippen LogP contribution in [-0.2, 0) is 28.5 Å². The zero-order valence-electron chi connectivity index (χ0n) is 12.0. The van der Waals surface area contributed by atoms with E-state index in [0.29, 0.717) is 39.6 Å². The quantitative estimate of drug-likeness (QED) is 0.208. The molecule has 0 bridgehead atoms. The molecule has 0 radical (unpaired) electrons. The van der Waals surface area contributed by atoms with Crippen molar-refractivity contribution in [1.82, 2.24) is 0 Å². The molecule has 0 aliphatic heterocycles. The highest BCUT2D eigenvalue weighted by Crippen LogP contribution is 1.92. The molecular weight excluding hydrogens is 264 g/mol. The molecule has 1 unspecified atom stereocenters. The Bertz CT molecular complexity index is 266. The van der Waals surface area contributed by atoms with Gasteiger partial charge in [0.1, 0.15) is 13.2 Å². The lowest BCUT2D eigenvalue weighted by molar-refractivity contribution is -0.139. The number of hydrogen-bond donors (Lipinski definition) is 0. The summed E-state index contributed by atoms with van der Waals surface area (Å²) in [5.74, 6) is -0.448. The van der Waals surface area contributed by atoms with E-state index < -0.39 is 5.97 Å². The Labute approximate surface area is 120 Å². The molecule has 0 saturated carbocycles. The van der Waals surface area contributed by atoms with Gasteiger partial charge in [0.05, 0.1) is 45.4 Å². The van der Waals surface area contributed by atoms with Gasteiger partial charge in [0.2, 0.25) is 0 Å². The van der Waals surface area contributed by atoms with Crippen LogP contribution in [0.25, 0.3) is 0 Å². The maximum Gasteiger partial charge on any atom is 0.330 e. The lowest BCUT2D eigenvalue weighted by Crippen LogP contribution is -2.18. The minimum absolute atomic E-state index is 0.00685. The van der Waals surface area contributed by atoms with Gasteiger partial charge < -0.3 is 23.7 Å². The Morgan fingerprint density at radius 3 is 2.25 bits per heavy atom. The second-order valence-electron chi connectivity index (χ2n) is 3.78. The Balaban J connectivity index is 3.15. The van der Waals surface area contributed by atoms with Gasteiger partial charge in [-0.2, -0.15) is 0 Å². The zero-order valence-corrected chi connectivity index (χ0v) is 12.0. The second-order valence-corrected chi connectivity index (χ2v) is 3.78. The highest BCUT2D eigenvalue weighted by atomic mass is 16.6. The average Bonchev–Trinajstić information content (AvgIpc) is 2.46. The van der Waals surface area contributed by atoms with Crippen LogP contribution in [0.2, 0.25) is 0 Å². The molecule has 1 atom stereocenters. The van der Waals surface area contributed by atoms with Crippen LogP contribution >= 0.6 is 0 Å². The molecule has 0 aliphatic carbocycles. The molecule has 0 heterocycles. The Morgan fingerprint density at radius 2 is 1.65 bits per heavy atom. The molecule has 6 heteroatoms. The van der Waals surface area contributed by atoms with Crippen molar-refractivity contribution >= 4 is 5.97 Å². The number of hydrogen-bond acceptors (Lipinski definition) is 6. The van der Waals surface area contributed by atoms with Crippen molar-refractivity contribution in [3.8, 4) is 0 Å². The van der Waals surface area contributed by atoms with Crippen molar-refractivity contribution in [2.75, 3.05) is 46.2 Å². The third-order valence-corrected chi connectivity index (χ3v) is 2.09. The van der Waals surface area contributed by atoms with Gasteiger partial charge in [0.25, 0.3) is 0 Å². The molecule has 6 nitrogen and oxygen atoms in total. The van der Waals surface area contributed by atoms with Gasteiger partial charge in [0.15, 0.2) is 0 Å². The van der Waals surface area contributed by atoms with E-state index in [1.165, 1.54) is 6.26 Å². The zero-order chi connectivity index (χ0) is 15.1. The van der Waals surface area contributed by atoms with Gasteiger partial charge >= 0.3 is 5.97 Å². The maximum absolute atomic E-state index is 10.7. The van der Waals surface area contributed by atoms with E-state index in [-0.39, 0.29) is 12.7 Å². The summed E-state index contributed by atoms with van der Waals surface area (Å²) in [5, 5.41) is 0. The number of carbonyl (C=O) groups excluding carboxylic acids is 1.